The monoisotopic (exact) mass is 317 g/mol. The van der Waals surface area contributed by atoms with Crippen LogP contribution in [0, 0.1) is 0 Å². The third-order valence-electron chi connectivity index (χ3n) is 4.01. The van der Waals surface area contributed by atoms with E-state index < -0.39 is 0 Å². The fourth-order valence-corrected chi connectivity index (χ4v) is 3.15. The maximum atomic E-state index is 5.83. The van der Waals surface area contributed by atoms with Gasteiger partial charge in [-0.1, -0.05) is 24.8 Å². The molecule has 2 heteroatoms. The fraction of sp³-hybridized carbons (Fsp3) is 0.619. The van der Waals surface area contributed by atoms with Gasteiger partial charge in [-0.25, -0.2) is 0 Å². The number of hydrogen-bond donors (Lipinski definition) is 0. The maximum absolute atomic E-state index is 5.83. The molecular weight excluding hydrogens is 282 g/mol. The molecule has 1 aromatic carbocycles. The molecule has 0 heterocycles. The van der Waals surface area contributed by atoms with Gasteiger partial charge in [0.25, 0.3) is 0 Å². The standard InChI is InChI=1S/C21H35NO/c1-8-18-13-12-14-19(17-18)23-16-11-9-10-15-22(20(2,3)4)21(5,6)7/h8,12-14,17H,1,9-11,15-16H2,2-7H3. The van der Waals surface area contributed by atoms with E-state index in [1.807, 2.05) is 30.3 Å². The Balaban J connectivity index is 2.30. The van der Waals surface area contributed by atoms with Gasteiger partial charge in [-0.3, -0.25) is 4.90 Å². The van der Waals surface area contributed by atoms with E-state index in [4.69, 9.17) is 4.74 Å². The molecule has 0 bridgehead atoms. The molecule has 0 N–H and O–H groups in total. The molecule has 0 unspecified atom stereocenters. The normalized spacial score (nSPS) is 12.5. The summed E-state index contributed by atoms with van der Waals surface area (Å²) in [7, 11) is 0. The van der Waals surface area contributed by atoms with Crippen LogP contribution < -0.4 is 4.74 Å². The quantitative estimate of drug-likeness (QED) is 0.564. The van der Waals surface area contributed by atoms with Gasteiger partial charge in [0.2, 0.25) is 0 Å². The van der Waals surface area contributed by atoms with Crippen LogP contribution in [0.5, 0.6) is 5.75 Å². The van der Waals surface area contributed by atoms with Gasteiger partial charge in [-0.15, -0.1) is 0 Å². The summed E-state index contributed by atoms with van der Waals surface area (Å²) in [5.74, 6) is 0.938. The molecule has 130 valence electrons. The Hall–Kier alpha value is -1.28. The summed E-state index contributed by atoms with van der Waals surface area (Å²) in [5.41, 5.74) is 1.52. The lowest BCUT2D eigenvalue weighted by atomic mass is 9.95. The van der Waals surface area contributed by atoms with Crippen molar-refractivity contribution in [1.29, 1.82) is 0 Å². The van der Waals surface area contributed by atoms with E-state index >= 15 is 0 Å². The molecule has 0 amide bonds. The van der Waals surface area contributed by atoms with Crippen LogP contribution in [0.25, 0.3) is 6.08 Å². The zero-order valence-electron chi connectivity index (χ0n) is 16.0. The lowest BCUT2D eigenvalue weighted by molar-refractivity contribution is 0.0365. The molecular formula is C21H35NO. The molecule has 0 aliphatic heterocycles. The Morgan fingerprint density at radius 2 is 1.65 bits per heavy atom. The van der Waals surface area contributed by atoms with E-state index in [0.717, 1.165) is 30.9 Å². The largest absolute Gasteiger partial charge is 0.494 e. The number of benzene rings is 1. The molecule has 0 aliphatic rings. The number of nitrogens with zero attached hydrogens (tertiary/aromatic N) is 1. The van der Waals surface area contributed by atoms with Gasteiger partial charge in [0.15, 0.2) is 0 Å². The van der Waals surface area contributed by atoms with E-state index in [-0.39, 0.29) is 11.1 Å². The number of rotatable bonds is 8. The average Bonchev–Trinajstić information content (AvgIpc) is 2.43. The van der Waals surface area contributed by atoms with Crippen LogP contribution in [0.1, 0.15) is 66.4 Å². The Morgan fingerprint density at radius 3 is 2.22 bits per heavy atom. The van der Waals surface area contributed by atoms with Crippen LogP contribution in [0.4, 0.5) is 0 Å². The van der Waals surface area contributed by atoms with Crippen LogP contribution in [-0.2, 0) is 0 Å². The molecule has 0 aromatic heterocycles. The highest BCUT2D eigenvalue weighted by Gasteiger charge is 2.30. The average molecular weight is 318 g/mol. The Kier molecular flexibility index (Phi) is 7.34. The van der Waals surface area contributed by atoms with Crippen LogP contribution in [0.2, 0.25) is 0 Å². The van der Waals surface area contributed by atoms with Gasteiger partial charge in [0.05, 0.1) is 6.61 Å². The molecule has 2 nitrogen and oxygen atoms in total. The third-order valence-corrected chi connectivity index (χ3v) is 4.01. The van der Waals surface area contributed by atoms with Gasteiger partial charge in [0.1, 0.15) is 5.75 Å². The van der Waals surface area contributed by atoms with E-state index in [1.165, 1.54) is 12.8 Å². The minimum atomic E-state index is 0.208. The lowest BCUT2D eigenvalue weighted by Gasteiger charge is -2.45. The van der Waals surface area contributed by atoms with Crippen molar-refractivity contribution >= 4 is 6.08 Å². The van der Waals surface area contributed by atoms with Crippen molar-refractivity contribution < 1.29 is 4.74 Å². The predicted molar refractivity (Wildman–Crippen MR) is 102 cm³/mol. The first-order valence-corrected chi connectivity index (χ1v) is 8.77. The van der Waals surface area contributed by atoms with Crippen LogP contribution in [0.15, 0.2) is 30.8 Å². The zero-order valence-corrected chi connectivity index (χ0v) is 16.0. The van der Waals surface area contributed by atoms with Crippen LogP contribution >= 0.6 is 0 Å². The molecule has 23 heavy (non-hydrogen) atoms. The van der Waals surface area contributed by atoms with Crippen molar-refractivity contribution in [2.24, 2.45) is 0 Å². The number of ether oxygens (including phenoxy) is 1. The molecule has 0 aliphatic carbocycles. The SMILES string of the molecule is C=Cc1cccc(OCCCCCN(C(C)(C)C)C(C)(C)C)c1. The number of unbranched alkanes of at least 4 members (excludes halogenated alkanes) is 2. The first-order chi connectivity index (χ1) is 10.6. The van der Waals surface area contributed by atoms with Gasteiger partial charge in [-0.05, 0) is 85.0 Å². The smallest absolute Gasteiger partial charge is 0.119 e. The predicted octanol–water partition coefficient (Wildman–Crippen LogP) is 5.78. The highest BCUT2D eigenvalue weighted by molar-refractivity contribution is 5.49. The van der Waals surface area contributed by atoms with Crippen molar-refractivity contribution in [1.82, 2.24) is 4.90 Å². The summed E-state index contributed by atoms with van der Waals surface area (Å²) < 4.78 is 5.83. The first kappa shape index (κ1) is 19.8. The Bertz CT molecular complexity index is 465. The molecule has 0 spiro atoms. The molecule has 1 rings (SSSR count). The summed E-state index contributed by atoms with van der Waals surface area (Å²) in [5, 5.41) is 0. The second-order valence-electron chi connectivity index (χ2n) is 8.18. The Labute approximate surface area is 143 Å². The lowest BCUT2D eigenvalue weighted by Crippen LogP contribution is -2.52. The van der Waals surface area contributed by atoms with Crippen molar-refractivity contribution in [3.8, 4) is 5.75 Å². The third kappa shape index (κ3) is 7.22. The molecule has 1 aromatic rings. The second-order valence-corrected chi connectivity index (χ2v) is 8.18. The number of hydrogen-bond acceptors (Lipinski definition) is 2. The molecule has 0 atom stereocenters. The van der Waals surface area contributed by atoms with Gasteiger partial charge >= 0.3 is 0 Å². The van der Waals surface area contributed by atoms with Gasteiger partial charge < -0.3 is 4.74 Å². The minimum Gasteiger partial charge on any atom is -0.494 e. The fourth-order valence-electron chi connectivity index (χ4n) is 3.15. The molecule has 0 saturated carbocycles. The van der Waals surface area contributed by atoms with Crippen LogP contribution in [0.3, 0.4) is 0 Å². The summed E-state index contributed by atoms with van der Waals surface area (Å²) in [6.45, 7) is 19.5. The summed E-state index contributed by atoms with van der Waals surface area (Å²) in [4.78, 5) is 2.59. The maximum Gasteiger partial charge on any atom is 0.119 e. The van der Waals surface area contributed by atoms with E-state index in [1.54, 1.807) is 0 Å². The highest BCUT2D eigenvalue weighted by Crippen LogP contribution is 2.25. The van der Waals surface area contributed by atoms with Gasteiger partial charge in [-0.2, -0.15) is 0 Å². The summed E-state index contributed by atoms with van der Waals surface area (Å²) in [6, 6.07) is 8.09. The summed E-state index contributed by atoms with van der Waals surface area (Å²) in [6.07, 6.45) is 5.36. The van der Waals surface area contributed by atoms with Crippen molar-refractivity contribution in [3.05, 3.63) is 36.4 Å². The molecule has 0 saturated heterocycles. The minimum absolute atomic E-state index is 0.208. The highest BCUT2D eigenvalue weighted by atomic mass is 16.5. The first-order valence-electron chi connectivity index (χ1n) is 8.77. The second kappa shape index (κ2) is 8.54. The van der Waals surface area contributed by atoms with Crippen molar-refractivity contribution in [3.63, 3.8) is 0 Å². The van der Waals surface area contributed by atoms with Crippen molar-refractivity contribution in [2.45, 2.75) is 71.9 Å². The van der Waals surface area contributed by atoms with Crippen molar-refractivity contribution in [2.75, 3.05) is 13.2 Å². The van der Waals surface area contributed by atoms with Crippen LogP contribution in [-0.4, -0.2) is 29.1 Å². The summed E-state index contributed by atoms with van der Waals surface area (Å²) >= 11 is 0. The Morgan fingerprint density at radius 1 is 1.00 bits per heavy atom. The topological polar surface area (TPSA) is 12.5 Å². The van der Waals surface area contributed by atoms with Gasteiger partial charge in [0, 0.05) is 11.1 Å². The zero-order chi connectivity index (χ0) is 17.5. The van der Waals surface area contributed by atoms with E-state index in [2.05, 4.69) is 53.0 Å². The van der Waals surface area contributed by atoms with E-state index in [0.29, 0.717) is 0 Å². The van der Waals surface area contributed by atoms with E-state index in [9.17, 15) is 0 Å². The molecule has 0 radical (unpaired) electrons. The molecule has 0 fully saturated rings.